The van der Waals surface area contributed by atoms with Gasteiger partial charge in [0.05, 0.1) is 5.52 Å². The number of hydrogen-bond donors (Lipinski definition) is 1. The standard InChI is InChI=1S/C22H17FN6/c1-28(18-5-3-2-4-6-18)21-14-16-13-15(22-24-26-27-25-22)7-12-20(16)29(21)19-10-8-17(23)9-11-19/h2-14H,1H3,(H,24,25,26,27). The van der Waals surface area contributed by atoms with Gasteiger partial charge in [0.2, 0.25) is 0 Å². The summed E-state index contributed by atoms with van der Waals surface area (Å²) in [4.78, 5) is 2.11. The quantitative estimate of drug-likeness (QED) is 0.487. The number of aromatic nitrogens is 5. The molecule has 0 fully saturated rings. The van der Waals surface area contributed by atoms with E-state index >= 15 is 0 Å². The van der Waals surface area contributed by atoms with E-state index in [0.717, 1.165) is 33.7 Å². The van der Waals surface area contributed by atoms with E-state index in [1.807, 2.05) is 43.4 Å². The topological polar surface area (TPSA) is 62.6 Å². The Morgan fingerprint density at radius 2 is 1.72 bits per heavy atom. The van der Waals surface area contributed by atoms with Gasteiger partial charge in [-0.2, -0.15) is 0 Å². The third kappa shape index (κ3) is 3.02. The third-order valence-corrected chi connectivity index (χ3v) is 4.97. The van der Waals surface area contributed by atoms with Crippen molar-refractivity contribution >= 4 is 22.4 Å². The summed E-state index contributed by atoms with van der Waals surface area (Å²) >= 11 is 0. The number of nitrogens with zero attached hydrogens (tertiary/aromatic N) is 5. The largest absolute Gasteiger partial charge is 0.331 e. The molecular weight excluding hydrogens is 367 g/mol. The van der Waals surface area contributed by atoms with Crippen molar-refractivity contribution in [2.75, 3.05) is 11.9 Å². The highest BCUT2D eigenvalue weighted by molar-refractivity contribution is 5.91. The molecule has 0 saturated carbocycles. The van der Waals surface area contributed by atoms with Crippen LogP contribution in [0, 0.1) is 5.82 Å². The number of nitrogens with one attached hydrogen (secondary N) is 1. The van der Waals surface area contributed by atoms with Crippen LogP contribution in [-0.4, -0.2) is 32.2 Å². The molecule has 0 saturated heterocycles. The first-order valence-corrected chi connectivity index (χ1v) is 9.15. The molecule has 0 aliphatic carbocycles. The lowest BCUT2D eigenvalue weighted by molar-refractivity contribution is 0.627. The van der Waals surface area contributed by atoms with Crippen LogP contribution in [0.5, 0.6) is 0 Å². The molecule has 2 aromatic heterocycles. The Morgan fingerprint density at radius 1 is 0.931 bits per heavy atom. The fourth-order valence-electron chi connectivity index (χ4n) is 3.52. The average Bonchev–Trinajstić information content (AvgIpc) is 3.42. The Hall–Kier alpha value is -4.00. The highest BCUT2D eigenvalue weighted by Crippen LogP contribution is 2.35. The van der Waals surface area contributed by atoms with E-state index in [4.69, 9.17) is 0 Å². The Bertz CT molecular complexity index is 1260. The average molecular weight is 384 g/mol. The molecule has 0 bridgehead atoms. The summed E-state index contributed by atoms with van der Waals surface area (Å²) in [5.41, 5.74) is 3.84. The molecule has 0 amide bonds. The van der Waals surface area contributed by atoms with Crippen LogP contribution < -0.4 is 4.90 Å². The maximum atomic E-state index is 13.5. The molecule has 0 aliphatic heterocycles. The smallest absolute Gasteiger partial charge is 0.179 e. The van der Waals surface area contributed by atoms with E-state index in [0.29, 0.717) is 5.82 Å². The number of rotatable bonds is 4. The van der Waals surface area contributed by atoms with Crippen LogP contribution in [0.4, 0.5) is 15.9 Å². The van der Waals surface area contributed by atoms with Gasteiger partial charge < -0.3 is 4.90 Å². The molecule has 3 aromatic carbocycles. The second kappa shape index (κ2) is 6.87. The predicted molar refractivity (Wildman–Crippen MR) is 111 cm³/mol. The van der Waals surface area contributed by atoms with Crippen molar-refractivity contribution in [2.45, 2.75) is 0 Å². The van der Waals surface area contributed by atoms with Crippen LogP contribution in [0.25, 0.3) is 28.0 Å². The predicted octanol–water partition coefficient (Wildman–Crippen LogP) is 4.72. The molecule has 0 spiro atoms. The Morgan fingerprint density at radius 3 is 2.45 bits per heavy atom. The number of aromatic amines is 1. The number of benzene rings is 3. The maximum Gasteiger partial charge on any atom is 0.179 e. The van der Waals surface area contributed by atoms with Crippen molar-refractivity contribution < 1.29 is 4.39 Å². The summed E-state index contributed by atoms with van der Waals surface area (Å²) in [6.45, 7) is 0. The highest BCUT2D eigenvalue weighted by Gasteiger charge is 2.16. The van der Waals surface area contributed by atoms with Gasteiger partial charge in [-0.25, -0.2) is 9.49 Å². The zero-order valence-corrected chi connectivity index (χ0v) is 15.6. The first-order chi connectivity index (χ1) is 14.2. The first-order valence-electron chi connectivity index (χ1n) is 9.15. The van der Waals surface area contributed by atoms with Crippen LogP contribution >= 0.6 is 0 Å². The van der Waals surface area contributed by atoms with Crippen molar-refractivity contribution in [1.29, 1.82) is 0 Å². The van der Waals surface area contributed by atoms with Crippen molar-refractivity contribution in [2.24, 2.45) is 0 Å². The molecule has 5 rings (SSSR count). The molecule has 0 radical (unpaired) electrons. The van der Waals surface area contributed by atoms with E-state index < -0.39 is 0 Å². The van der Waals surface area contributed by atoms with Crippen molar-refractivity contribution in [3.8, 4) is 17.1 Å². The summed E-state index contributed by atoms with van der Waals surface area (Å²) < 4.78 is 15.6. The Balaban J connectivity index is 1.73. The van der Waals surface area contributed by atoms with E-state index in [1.54, 1.807) is 12.1 Å². The minimum Gasteiger partial charge on any atom is -0.331 e. The number of halogens is 1. The third-order valence-electron chi connectivity index (χ3n) is 4.97. The zero-order valence-electron chi connectivity index (χ0n) is 15.6. The second-order valence-electron chi connectivity index (χ2n) is 6.73. The van der Waals surface area contributed by atoms with Crippen molar-refractivity contribution in [3.05, 3.63) is 84.7 Å². The molecule has 1 N–H and O–H groups in total. The first kappa shape index (κ1) is 17.1. The van der Waals surface area contributed by atoms with Crippen LogP contribution in [0.1, 0.15) is 0 Å². The Kier molecular flexibility index (Phi) is 4.05. The number of H-pyrrole nitrogens is 1. The van der Waals surface area contributed by atoms with Gasteiger partial charge in [-0.3, -0.25) is 4.57 Å². The van der Waals surface area contributed by atoms with Gasteiger partial charge in [0.15, 0.2) is 5.82 Å². The fraction of sp³-hybridized carbons (Fsp3) is 0.0455. The van der Waals surface area contributed by atoms with E-state index in [-0.39, 0.29) is 5.82 Å². The molecule has 2 heterocycles. The lowest BCUT2D eigenvalue weighted by Gasteiger charge is -2.22. The van der Waals surface area contributed by atoms with Gasteiger partial charge in [-0.05, 0) is 71.1 Å². The van der Waals surface area contributed by atoms with Crippen LogP contribution in [0.15, 0.2) is 78.9 Å². The molecule has 5 aromatic rings. The molecule has 6 nitrogen and oxygen atoms in total. The molecule has 7 heteroatoms. The number of para-hydroxylation sites is 1. The van der Waals surface area contributed by atoms with Gasteiger partial charge in [-0.15, -0.1) is 5.10 Å². The molecule has 142 valence electrons. The van der Waals surface area contributed by atoms with Crippen molar-refractivity contribution in [1.82, 2.24) is 25.2 Å². The van der Waals surface area contributed by atoms with Gasteiger partial charge >= 0.3 is 0 Å². The van der Waals surface area contributed by atoms with Crippen LogP contribution in [0.3, 0.4) is 0 Å². The van der Waals surface area contributed by atoms with E-state index in [1.165, 1.54) is 12.1 Å². The fourth-order valence-corrected chi connectivity index (χ4v) is 3.52. The van der Waals surface area contributed by atoms with Crippen LogP contribution in [0.2, 0.25) is 0 Å². The van der Waals surface area contributed by atoms with E-state index in [9.17, 15) is 4.39 Å². The Labute approximate surface area is 166 Å². The van der Waals surface area contributed by atoms with Gasteiger partial charge in [0.25, 0.3) is 0 Å². The molecule has 0 unspecified atom stereocenters. The summed E-state index contributed by atoms with van der Waals surface area (Å²) in [7, 11) is 2.02. The summed E-state index contributed by atoms with van der Waals surface area (Å²) in [6, 6.07) is 24.8. The normalized spacial score (nSPS) is 11.1. The van der Waals surface area contributed by atoms with E-state index in [2.05, 4.69) is 48.3 Å². The second-order valence-corrected chi connectivity index (χ2v) is 6.73. The lowest BCUT2D eigenvalue weighted by atomic mass is 10.1. The number of anilines is 2. The monoisotopic (exact) mass is 384 g/mol. The van der Waals surface area contributed by atoms with Crippen molar-refractivity contribution in [3.63, 3.8) is 0 Å². The number of fused-ring (bicyclic) bond motifs is 1. The summed E-state index contributed by atoms with van der Waals surface area (Å²) in [5.74, 6) is 1.31. The van der Waals surface area contributed by atoms with Gasteiger partial charge in [0, 0.05) is 29.4 Å². The summed E-state index contributed by atoms with van der Waals surface area (Å²) in [5, 5.41) is 15.1. The van der Waals surface area contributed by atoms with Gasteiger partial charge in [0.1, 0.15) is 11.6 Å². The highest BCUT2D eigenvalue weighted by atomic mass is 19.1. The van der Waals surface area contributed by atoms with Crippen LogP contribution in [-0.2, 0) is 0 Å². The lowest BCUT2D eigenvalue weighted by Crippen LogP contribution is -2.13. The zero-order chi connectivity index (χ0) is 19.8. The molecule has 0 aliphatic rings. The minimum absolute atomic E-state index is 0.261. The maximum absolute atomic E-state index is 13.5. The molecule has 29 heavy (non-hydrogen) atoms. The molecule has 0 atom stereocenters. The number of tetrazole rings is 1. The minimum atomic E-state index is -0.261. The number of hydrogen-bond acceptors (Lipinski definition) is 4. The SMILES string of the molecule is CN(c1ccccc1)c1cc2cc(-c3nnn[nH]3)ccc2n1-c1ccc(F)cc1. The molecular formula is C22H17FN6. The summed E-state index contributed by atoms with van der Waals surface area (Å²) in [6.07, 6.45) is 0. The van der Waals surface area contributed by atoms with Gasteiger partial charge in [-0.1, -0.05) is 18.2 Å².